The van der Waals surface area contributed by atoms with Gasteiger partial charge in [0.1, 0.15) is 0 Å². The summed E-state index contributed by atoms with van der Waals surface area (Å²) in [5.74, 6) is 0. The van der Waals surface area contributed by atoms with Crippen molar-refractivity contribution in [3.63, 3.8) is 0 Å². The summed E-state index contributed by atoms with van der Waals surface area (Å²) in [4.78, 5) is 0. The maximum atomic E-state index is 3.89. The van der Waals surface area contributed by atoms with Crippen molar-refractivity contribution < 1.29 is 0 Å². The minimum atomic E-state index is -0.126. The molecule has 0 aliphatic rings. The lowest BCUT2D eigenvalue weighted by Crippen LogP contribution is -2.43. The van der Waals surface area contributed by atoms with Gasteiger partial charge in [-0.1, -0.05) is 97.9 Å². The molecular formula is C24H27N. The summed E-state index contributed by atoms with van der Waals surface area (Å²) in [6, 6.07) is 32.4. The van der Waals surface area contributed by atoms with Gasteiger partial charge in [-0.15, -0.1) is 0 Å². The van der Waals surface area contributed by atoms with E-state index in [1.54, 1.807) is 0 Å². The summed E-state index contributed by atoms with van der Waals surface area (Å²) in [5, 5.41) is 3.89. The molecule has 25 heavy (non-hydrogen) atoms. The van der Waals surface area contributed by atoms with Gasteiger partial charge in [0.2, 0.25) is 0 Å². The minimum Gasteiger partial charge on any atom is -0.304 e. The van der Waals surface area contributed by atoms with Crippen LogP contribution in [0.25, 0.3) is 0 Å². The molecule has 0 atom stereocenters. The second-order valence-corrected chi connectivity index (χ2v) is 6.51. The van der Waals surface area contributed by atoms with Gasteiger partial charge in [0.05, 0.1) is 5.54 Å². The summed E-state index contributed by atoms with van der Waals surface area (Å²) in [5.41, 5.74) is 3.96. The lowest BCUT2D eigenvalue weighted by Gasteiger charge is -2.35. The molecule has 0 amide bonds. The molecule has 0 aromatic heterocycles. The van der Waals surface area contributed by atoms with E-state index in [1.165, 1.54) is 16.7 Å². The zero-order valence-corrected chi connectivity index (χ0v) is 15.0. The van der Waals surface area contributed by atoms with Crippen LogP contribution in [0, 0.1) is 0 Å². The normalized spacial score (nSPS) is 11.4. The Morgan fingerprint density at radius 2 is 1.16 bits per heavy atom. The van der Waals surface area contributed by atoms with Gasteiger partial charge in [-0.25, -0.2) is 0 Å². The topological polar surface area (TPSA) is 12.0 Å². The van der Waals surface area contributed by atoms with Crippen LogP contribution in [-0.4, -0.2) is 6.54 Å². The van der Waals surface area contributed by atoms with Crippen molar-refractivity contribution in [2.75, 3.05) is 6.54 Å². The highest BCUT2D eigenvalue weighted by molar-refractivity contribution is 5.38. The van der Waals surface area contributed by atoms with Crippen LogP contribution >= 0.6 is 0 Å². The molecule has 0 radical (unpaired) electrons. The maximum absolute atomic E-state index is 3.89. The predicted molar refractivity (Wildman–Crippen MR) is 107 cm³/mol. The van der Waals surface area contributed by atoms with Crippen LogP contribution < -0.4 is 5.32 Å². The number of nitrogens with one attached hydrogen (secondary N) is 1. The first-order chi connectivity index (χ1) is 12.3. The van der Waals surface area contributed by atoms with Gasteiger partial charge in [-0.2, -0.15) is 0 Å². The third-order valence-electron chi connectivity index (χ3n) is 4.98. The summed E-state index contributed by atoms with van der Waals surface area (Å²) < 4.78 is 0. The molecule has 0 aliphatic heterocycles. The predicted octanol–water partition coefficient (Wildman–Crippen LogP) is 5.56. The van der Waals surface area contributed by atoms with E-state index in [4.69, 9.17) is 0 Å². The first-order valence-corrected chi connectivity index (χ1v) is 9.25. The van der Waals surface area contributed by atoms with Crippen molar-refractivity contribution in [1.29, 1.82) is 0 Å². The smallest absolute Gasteiger partial charge is 0.0687 e. The number of benzene rings is 3. The molecule has 3 aromatic rings. The first-order valence-electron chi connectivity index (χ1n) is 9.25. The van der Waals surface area contributed by atoms with E-state index in [9.17, 15) is 0 Å². The molecule has 0 saturated heterocycles. The fourth-order valence-corrected chi connectivity index (χ4v) is 3.59. The highest BCUT2D eigenvalue weighted by atomic mass is 15.0. The van der Waals surface area contributed by atoms with Gasteiger partial charge < -0.3 is 5.32 Å². The summed E-state index contributed by atoms with van der Waals surface area (Å²) >= 11 is 0. The molecule has 0 saturated carbocycles. The van der Waals surface area contributed by atoms with Crippen LogP contribution in [0.4, 0.5) is 0 Å². The van der Waals surface area contributed by atoms with E-state index in [2.05, 4.69) is 103 Å². The lowest BCUT2D eigenvalue weighted by molar-refractivity contribution is 0.384. The number of rotatable bonds is 8. The monoisotopic (exact) mass is 329 g/mol. The van der Waals surface area contributed by atoms with Crippen LogP contribution in [0.5, 0.6) is 0 Å². The quantitative estimate of drug-likeness (QED) is 0.533. The fraction of sp³-hybridized carbons (Fsp3) is 0.250. The molecule has 1 N–H and O–H groups in total. The first kappa shape index (κ1) is 17.4. The van der Waals surface area contributed by atoms with Gasteiger partial charge in [-0.3, -0.25) is 0 Å². The zero-order valence-electron chi connectivity index (χ0n) is 15.0. The second-order valence-electron chi connectivity index (χ2n) is 6.51. The number of hydrogen-bond acceptors (Lipinski definition) is 1. The Morgan fingerprint density at radius 1 is 0.680 bits per heavy atom. The highest BCUT2D eigenvalue weighted by Gasteiger charge is 2.31. The Morgan fingerprint density at radius 3 is 1.64 bits per heavy atom. The minimum absolute atomic E-state index is 0.126. The Kier molecular flexibility index (Phi) is 6.03. The molecule has 3 aromatic carbocycles. The molecular weight excluding hydrogens is 302 g/mol. The lowest BCUT2D eigenvalue weighted by atomic mass is 9.80. The summed E-state index contributed by atoms with van der Waals surface area (Å²) in [6.07, 6.45) is 3.26. The summed E-state index contributed by atoms with van der Waals surface area (Å²) in [7, 11) is 0. The van der Waals surface area contributed by atoms with E-state index >= 15 is 0 Å². The van der Waals surface area contributed by atoms with Gasteiger partial charge in [0, 0.05) is 0 Å². The molecule has 0 heterocycles. The van der Waals surface area contributed by atoms with Gasteiger partial charge >= 0.3 is 0 Å². The second kappa shape index (κ2) is 8.64. The summed E-state index contributed by atoms with van der Waals surface area (Å²) in [6.45, 7) is 3.26. The van der Waals surface area contributed by atoms with E-state index in [0.29, 0.717) is 0 Å². The Hall–Kier alpha value is -2.38. The van der Waals surface area contributed by atoms with E-state index in [0.717, 1.165) is 25.8 Å². The van der Waals surface area contributed by atoms with Gasteiger partial charge in [-0.05, 0) is 42.5 Å². The van der Waals surface area contributed by atoms with Crippen molar-refractivity contribution in [3.05, 3.63) is 108 Å². The molecule has 1 heteroatoms. The van der Waals surface area contributed by atoms with Crippen molar-refractivity contribution in [2.45, 2.75) is 31.7 Å². The van der Waals surface area contributed by atoms with Crippen LogP contribution in [0.1, 0.15) is 36.5 Å². The van der Waals surface area contributed by atoms with Crippen LogP contribution in [-0.2, 0) is 12.0 Å². The Labute approximate surface area is 151 Å². The largest absolute Gasteiger partial charge is 0.304 e. The van der Waals surface area contributed by atoms with Crippen molar-refractivity contribution in [1.82, 2.24) is 5.32 Å². The van der Waals surface area contributed by atoms with Crippen molar-refractivity contribution in [2.24, 2.45) is 0 Å². The van der Waals surface area contributed by atoms with E-state index in [-0.39, 0.29) is 5.54 Å². The number of hydrogen-bond donors (Lipinski definition) is 1. The van der Waals surface area contributed by atoms with Crippen LogP contribution in [0.15, 0.2) is 91.0 Å². The van der Waals surface area contributed by atoms with Crippen molar-refractivity contribution >= 4 is 0 Å². The van der Waals surface area contributed by atoms with E-state index < -0.39 is 0 Å². The average molecular weight is 329 g/mol. The molecule has 0 unspecified atom stereocenters. The standard InChI is InChI=1S/C24H27N/c1-2-24(22-16-8-4-9-17-22,23-18-10-5-11-19-23)25-20-12-15-21-13-6-3-7-14-21/h3-11,13-14,16-19,25H,2,12,15,20H2,1H3. The number of aryl methyl sites for hydroxylation is 1. The van der Waals surface area contributed by atoms with Crippen LogP contribution in [0.3, 0.4) is 0 Å². The third kappa shape index (κ3) is 4.18. The Bertz CT molecular complexity index is 695. The molecule has 128 valence electrons. The van der Waals surface area contributed by atoms with E-state index in [1.807, 2.05) is 0 Å². The molecule has 0 bridgehead atoms. The zero-order chi connectivity index (χ0) is 17.4. The van der Waals surface area contributed by atoms with Gasteiger partial charge in [0.25, 0.3) is 0 Å². The fourth-order valence-electron chi connectivity index (χ4n) is 3.59. The average Bonchev–Trinajstić information content (AvgIpc) is 2.71. The molecule has 1 nitrogen and oxygen atoms in total. The SMILES string of the molecule is CCC(NCCCc1ccccc1)(c1ccccc1)c1ccccc1. The van der Waals surface area contributed by atoms with Crippen LogP contribution in [0.2, 0.25) is 0 Å². The Balaban J connectivity index is 1.77. The molecule has 3 rings (SSSR count). The molecule has 0 spiro atoms. The molecule has 0 fully saturated rings. The molecule has 0 aliphatic carbocycles. The third-order valence-corrected chi connectivity index (χ3v) is 4.98. The highest BCUT2D eigenvalue weighted by Crippen LogP contribution is 2.32. The maximum Gasteiger partial charge on any atom is 0.0687 e. The van der Waals surface area contributed by atoms with Crippen molar-refractivity contribution in [3.8, 4) is 0 Å². The van der Waals surface area contributed by atoms with Gasteiger partial charge in [0.15, 0.2) is 0 Å².